The first-order chi connectivity index (χ1) is 9.95. The van der Waals surface area contributed by atoms with Gasteiger partial charge < -0.3 is 10.1 Å². The number of carbonyl (C=O) groups is 1. The lowest BCUT2D eigenvalue weighted by Crippen LogP contribution is -2.21. The van der Waals surface area contributed by atoms with Gasteiger partial charge in [0.05, 0.1) is 5.56 Å². The minimum Gasteiger partial charge on any atom is -0.427 e. The van der Waals surface area contributed by atoms with Crippen LogP contribution < -0.4 is 10.1 Å². The highest BCUT2D eigenvalue weighted by Gasteiger charge is 2.30. The fourth-order valence-corrected chi connectivity index (χ4v) is 2.05. The quantitative estimate of drug-likeness (QED) is 0.526. The number of halogens is 3. The molecule has 1 aromatic rings. The highest BCUT2D eigenvalue weighted by molar-refractivity contribution is 5.72. The molecule has 1 N–H and O–H groups in total. The van der Waals surface area contributed by atoms with Crippen LogP contribution in [0.25, 0.3) is 0 Å². The predicted molar refractivity (Wildman–Crippen MR) is 71.9 cm³/mol. The summed E-state index contributed by atoms with van der Waals surface area (Å²) in [6.45, 7) is 1.71. The van der Waals surface area contributed by atoms with Crippen molar-refractivity contribution in [3.05, 3.63) is 41.5 Å². The summed E-state index contributed by atoms with van der Waals surface area (Å²) >= 11 is 0. The Morgan fingerprint density at radius 3 is 2.52 bits per heavy atom. The smallest absolute Gasteiger partial charge is 0.416 e. The van der Waals surface area contributed by atoms with E-state index in [0.717, 1.165) is 43.8 Å². The lowest BCUT2D eigenvalue weighted by molar-refractivity contribution is -0.137. The molecular formula is C15H16F3NO2. The number of benzene rings is 1. The highest BCUT2D eigenvalue weighted by Crippen LogP contribution is 2.30. The molecule has 6 heteroatoms. The zero-order chi connectivity index (χ0) is 15.3. The monoisotopic (exact) mass is 299 g/mol. The summed E-state index contributed by atoms with van der Waals surface area (Å²) in [5.74, 6) is -0.304. The number of carbonyl (C=O) groups excluding carboxylic acids is 1. The van der Waals surface area contributed by atoms with Gasteiger partial charge in [-0.1, -0.05) is 11.6 Å². The van der Waals surface area contributed by atoms with Gasteiger partial charge in [0.1, 0.15) is 5.75 Å². The molecule has 1 aliphatic heterocycles. The molecular weight excluding hydrogens is 283 g/mol. The van der Waals surface area contributed by atoms with Gasteiger partial charge in [-0.25, -0.2) is 0 Å². The van der Waals surface area contributed by atoms with Gasteiger partial charge in [0.25, 0.3) is 0 Å². The van der Waals surface area contributed by atoms with E-state index in [0.29, 0.717) is 6.42 Å². The van der Waals surface area contributed by atoms with Crippen molar-refractivity contribution in [3.63, 3.8) is 0 Å². The van der Waals surface area contributed by atoms with Crippen molar-refractivity contribution in [2.75, 3.05) is 13.1 Å². The van der Waals surface area contributed by atoms with Crippen LogP contribution in [0.3, 0.4) is 0 Å². The Kier molecular flexibility index (Phi) is 5.01. The third-order valence-electron chi connectivity index (χ3n) is 3.22. The topological polar surface area (TPSA) is 38.3 Å². The fourth-order valence-electron chi connectivity index (χ4n) is 2.05. The number of ether oxygens (including phenoxy) is 1. The van der Waals surface area contributed by atoms with Crippen molar-refractivity contribution in [2.24, 2.45) is 0 Å². The molecule has 0 amide bonds. The maximum Gasteiger partial charge on any atom is 0.416 e. The first-order valence-corrected chi connectivity index (χ1v) is 6.72. The van der Waals surface area contributed by atoms with E-state index in [1.54, 1.807) is 0 Å². The van der Waals surface area contributed by atoms with Gasteiger partial charge in [-0.3, -0.25) is 4.79 Å². The minimum atomic E-state index is -4.38. The molecule has 2 rings (SSSR count). The molecule has 0 atom stereocenters. The molecule has 0 bridgehead atoms. The van der Waals surface area contributed by atoms with Gasteiger partial charge in [0.2, 0.25) is 0 Å². The Hall–Kier alpha value is -1.82. The number of nitrogens with one attached hydrogen (secondary N) is 1. The van der Waals surface area contributed by atoms with Crippen LogP contribution in [0.5, 0.6) is 5.75 Å². The van der Waals surface area contributed by atoms with Crippen molar-refractivity contribution >= 4 is 5.97 Å². The second kappa shape index (κ2) is 6.76. The molecule has 1 aromatic carbocycles. The van der Waals surface area contributed by atoms with Crippen molar-refractivity contribution in [3.8, 4) is 5.75 Å². The zero-order valence-electron chi connectivity index (χ0n) is 11.4. The Labute approximate surface area is 120 Å². The molecule has 3 nitrogen and oxygen atoms in total. The van der Waals surface area contributed by atoms with Crippen LogP contribution in [0.15, 0.2) is 35.9 Å². The van der Waals surface area contributed by atoms with Gasteiger partial charge >= 0.3 is 12.1 Å². The molecule has 0 spiro atoms. The summed E-state index contributed by atoms with van der Waals surface area (Å²) in [5, 5.41) is 3.18. The van der Waals surface area contributed by atoms with Crippen LogP contribution in [0.1, 0.15) is 24.8 Å². The maximum absolute atomic E-state index is 12.4. The summed E-state index contributed by atoms with van der Waals surface area (Å²) in [7, 11) is 0. The molecule has 0 saturated heterocycles. The van der Waals surface area contributed by atoms with Crippen molar-refractivity contribution < 1.29 is 22.7 Å². The fraction of sp³-hybridized carbons (Fsp3) is 0.400. The number of alkyl halides is 3. The molecule has 1 aliphatic rings. The Morgan fingerprint density at radius 2 is 1.95 bits per heavy atom. The van der Waals surface area contributed by atoms with Crippen molar-refractivity contribution in [1.29, 1.82) is 0 Å². The number of hydrogen-bond donors (Lipinski definition) is 1. The molecule has 114 valence electrons. The maximum atomic E-state index is 12.4. The third kappa shape index (κ3) is 4.90. The second-order valence-corrected chi connectivity index (χ2v) is 4.81. The van der Waals surface area contributed by atoms with Crippen LogP contribution in [-0.2, 0) is 11.0 Å². The molecule has 21 heavy (non-hydrogen) atoms. The van der Waals surface area contributed by atoms with Crippen LogP contribution in [0, 0.1) is 0 Å². The van der Waals surface area contributed by atoms with Gasteiger partial charge in [0.15, 0.2) is 0 Å². The third-order valence-corrected chi connectivity index (χ3v) is 3.22. The largest absolute Gasteiger partial charge is 0.427 e. The van der Waals surface area contributed by atoms with Gasteiger partial charge in [-0.2, -0.15) is 13.2 Å². The summed E-state index contributed by atoms with van der Waals surface area (Å²) in [6.07, 6.45) is -0.569. The van der Waals surface area contributed by atoms with E-state index in [4.69, 9.17) is 4.74 Å². The Morgan fingerprint density at radius 1 is 1.24 bits per heavy atom. The van der Waals surface area contributed by atoms with Gasteiger partial charge in [0, 0.05) is 13.0 Å². The van der Waals surface area contributed by atoms with Crippen LogP contribution in [0.4, 0.5) is 13.2 Å². The van der Waals surface area contributed by atoms with Crippen LogP contribution in [0.2, 0.25) is 0 Å². The number of esters is 1. The summed E-state index contributed by atoms with van der Waals surface area (Å²) in [4.78, 5) is 11.6. The van der Waals surface area contributed by atoms with Crippen LogP contribution in [-0.4, -0.2) is 19.1 Å². The van der Waals surface area contributed by atoms with E-state index >= 15 is 0 Å². The van der Waals surface area contributed by atoms with Gasteiger partial charge in [-0.05, 0) is 43.7 Å². The Balaban J connectivity index is 1.83. The normalized spacial score (nSPS) is 15.5. The standard InChI is InChI=1S/C15H16F3NO2/c16-15(17,18)12-2-4-13(5-3-12)21-14(20)6-1-11-7-9-19-10-8-11/h2-5,7,19H,1,6,8-10H2. The molecule has 0 saturated carbocycles. The lowest BCUT2D eigenvalue weighted by Gasteiger charge is -2.13. The average molecular weight is 299 g/mol. The lowest BCUT2D eigenvalue weighted by atomic mass is 10.0. The minimum absolute atomic E-state index is 0.132. The number of hydrogen-bond acceptors (Lipinski definition) is 3. The summed E-state index contributed by atoms with van der Waals surface area (Å²) < 4.78 is 42.2. The second-order valence-electron chi connectivity index (χ2n) is 4.81. The van der Waals surface area contributed by atoms with Crippen molar-refractivity contribution in [2.45, 2.75) is 25.4 Å². The van der Waals surface area contributed by atoms with E-state index in [2.05, 4.69) is 11.4 Å². The molecule has 0 radical (unpaired) electrons. The van der Waals surface area contributed by atoms with Gasteiger partial charge in [-0.15, -0.1) is 0 Å². The molecule has 1 heterocycles. The highest BCUT2D eigenvalue weighted by atomic mass is 19.4. The molecule has 0 aromatic heterocycles. The molecule has 0 fully saturated rings. The molecule has 0 aliphatic carbocycles. The predicted octanol–water partition coefficient (Wildman–Crippen LogP) is 3.31. The first kappa shape index (κ1) is 15.6. The van der Waals surface area contributed by atoms with E-state index in [9.17, 15) is 18.0 Å². The van der Waals surface area contributed by atoms with E-state index < -0.39 is 17.7 Å². The summed E-state index contributed by atoms with van der Waals surface area (Å²) in [5.41, 5.74) is 0.445. The van der Waals surface area contributed by atoms with Crippen molar-refractivity contribution in [1.82, 2.24) is 5.32 Å². The molecule has 0 unspecified atom stereocenters. The SMILES string of the molecule is O=C(CCC1=CCNCC1)Oc1ccc(C(F)(F)F)cc1. The van der Waals surface area contributed by atoms with E-state index in [-0.39, 0.29) is 12.2 Å². The van der Waals surface area contributed by atoms with E-state index in [1.165, 1.54) is 5.57 Å². The Bertz CT molecular complexity index is 521. The van der Waals surface area contributed by atoms with Crippen LogP contribution >= 0.6 is 0 Å². The average Bonchev–Trinajstić information content (AvgIpc) is 2.46. The summed E-state index contributed by atoms with van der Waals surface area (Å²) in [6, 6.07) is 4.12. The number of rotatable bonds is 4. The first-order valence-electron chi connectivity index (χ1n) is 6.72. The van der Waals surface area contributed by atoms with E-state index in [1.807, 2.05) is 0 Å². The zero-order valence-corrected chi connectivity index (χ0v) is 11.4.